The number of nitrogens with one attached hydrogen (secondary N) is 1. The van der Waals surface area contributed by atoms with Crippen LogP contribution in [0.15, 0.2) is 24.3 Å². The monoisotopic (exact) mass is 294 g/mol. The zero-order chi connectivity index (χ0) is 14.4. The molecule has 1 N–H and O–H groups in total. The number of halogens is 1. The first-order valence-corrected chi connectivity index (χ1v) is 6.63. The number of hydrogen-bond acceptors (Lipinski definition) is 6. The average molecular weight is 295 g/mol. The van der Waals surface area contributed by atoms with Gasteiger partial charge in [0, 0.05) is 11.8 Å². The zero-order valence-corrected chi connectivity index (χ0v) is 12.0. The SMILES string of the molecule is CCOc1cccc(Nc2nc(Cl)nc(OCC)n2)c1. The molecular weight excluding hydrogens is 280 g/mol. The fourth-order valence-corrected chi connectivity index (χ4v) is 1.69. The van der Waals surface area contributed by atoms with Gasteiger partial charge in [-0.2, -0.15) is 15.0 Å². The topological polar surface area (TPSA) is 69.2 Å². The first-order valence-electron chi connectivity index (χ1n) is 6.25. The molecule has 1 aromatic heterocycles. The van der Waals surface area contributed by atoms with Crippen LogP contribution in [0.25, 0.3) is 0 Å². The molecule has 1 heterocycles. The Labute approximate surface area is 122 Å². The van der Waals surface area contributed by atoms with Crippen molar-refractivity contribution in [3.8, 4) is 11.8 Å². The van der Waals surface area contributed by atoms with Gasteiger partial charge in [-0.15, -0.1) is 0 Å². The molecule has 2 aromatic rings. The minimum Gasteiger partial charge on any atom is -0.494 e. The minimum atomic E-state index is 0.0758. The van der Waals surface area contributed by atoms with E-state index in [1.807, 2.05) is 38.1 Å². The summed E-state index contributed by atoms with van der Waals surface area (Å²) in [5, 5.41) is 3.11. The predicted molar refractivity (Wildman–Crippen MR) is 76.9 cm³/mol. The van der Waals surface area contributed by atoms with Crippen molar-refractivity contribution in [3.63, 3.8) is 0 Å². The molecular formula is C13H15ClN4O2. The van der Waals surface area contributed by atoms with E-state index in [0.717, 1.165) is 11.4 Å². The van der Waals surface area contributed by atoms with Gasteiger partial charge in [0.25, 0.3) is 0 Å². The van der Waals surface area contributed by atoms with Crippen molar-refractivity contribution in [1.82, 2.24) is 15.0 Å². The van der Waals surface area contributed by atoms with Gasteiger partial charge in [-0.3, -0.25) is 0 Å². The molecule has 0 saturated heterocycles. The molecule has 106 valence electrons. The number of hydrogen-bond donors (Lipinski definition) is 1. The van der Waals surface area contributed by atoms with Gasteiger partial charge in [0.2, 0.25) is 11.2 Å². The summed E-state index contributed by atoms with van der Waals surface area (Å²) < 4.78 is 10.6. The minimum absolute atomic E-state index is 0.0758. The Kier molecular flexibility index (Phi) is 4.95. The van der Waals surface area contributed by atoms with Gasteiger partial charge in [0.1, 0.15) is 5.75 Å². The second-order valence-electron chi connectivity index (χ2n) is 3.73. The van der Waals surface area contributed by atoms with Crippen molar-refractivity contribution in [3.05, 3.63) is 29.5 Å². The first kappa shape index (κ1) is 14.3. The van der Waals surface area contributed by atoms with E-state index in [1.165, 1.54) is 0 Å². The molecule has 0 amide bonds. The third-order valence-electron chi connectivity index (χ3n) is 2.26. The number of benzene rings is 1. The van der Waals surface area contributed by atoms with Crippen LogP contribution in [0.2, 0.25) is 5.28 Å². The Morgan fingerprint density at radius 2 is 1.90 bits per heavy atom. The van der Waals surface area contributed by atoms with Crippen molar-refractivity contribution < 1.29 is 9.47 Å². The number of nitrogens with zero attached hydrogens (tertiary/aromatic N) is 3. The third kappa shape index (κ3) is 3.96. The molecule has 6 nitrogen and oxygen atoms in total. The van der Waals surface area contributed by atoms with Crippen molar-refractivity contribution in [2.24, 2.45) is 0 Å². The van der Waals surface area contributed by atoms with Crippen molar-refractivity contribution >= 4 is 23.2 Å². The average Bonchev–Trinajstić information content (AvgIpc) is 2.39. The van der Waals surface area contributed by atoms with E-state index in [4.69, 9.17) is 21.1 Å². The maximum Gasteiger partial charge on any atom is 0.322 e. The summed E-state index contributed by atoms with van der Waals surface area (Å²) in [5.74, 6) is 1.09. The lowest BCUT2D eigenvalue weighted by molar-refractivity contribution is 0.312. The van der Waals surface area contributed by atoms with Crippen LogP contribution in [-0.4, -0.2) is 28.2 Å². The second kappa shape index (κ2) is 6.91. The summed E-state index contributed by atoms with van der Waals surface area (Å²) in [7, 11) is 0. The van der Waals surface area contributed by atoms with E-state index >= 15 is 0 Å². The van der Waals surface area contributed by atoms with Crippen LogP contribution in [0.4, 0.5) is 11.6 Å². The molecule has 0 unspecified atom stereocenters. The highest BCUT2D eigenvalue weighted by Gasteiger charge is 2.06. The number of rotatable bonds is 6. The lowest BCUT2D eigenvalue weighted by Crippen LogP contribution is -2.04. The van der Waals surface area contributed by atoms with Crippen molar-refractivity contribution in [1.29, 1.82) is 0 Å². The van der Waals surface area contributed by atoms with Gasteiger partial charge in [-0.05, 0) is 37.6 Å². The van der Waals surface area contributed by atoms with Gasteiger partial charge < -0.3 is 14.8 Å². The Morgan fingerprint density at radius 3 is 2.65 bits per heavy atom. The van der Waals surface area contributed by atoms with Crippen LogP contribution >= 0.6 is 11.6 Å². The quantitative estimate of drug-likeness (QED) is 0.883. The smallest absolute Gasteiger partial charge is 0.322 e. The van der Waals surface area contributed by atoms with Crippen LogP contribution in [0, 0.1) is 0 Å². The van der Waals surface area contributed by atoms with Crippen molar-refractivity contribution in [2.75, 3.05) is 18.5 Å². The van der Waals surface area contributed by atoms with E-state index in [1.54, 1.807) is 0 Å². The summed E-state index contributed by atoms with van der Waals surface area (Å²) >= 11 is 5.83. The maximum atomic E-state index is 5.83. The Hall–Kier alpha value is -2.08. The molecule has 0 radical (unpaired) electrons. The van der Waals surface area contributed by atoms with Crippen LogP contribution in [0.3, 0.4) is 0 Å². The second-order valence-corrected chi connectivity index (χ2v) is 4.07. The summed E-state index contributed by atoms with van der Waals surface area (Å²) in [5.41, 5.74) is 0.792. The molecule has 0 saturated carbocycles. The normalized spacial score (nSPS) is 10.2. The highest BCUT2D eigenvalue weighted by molar-refractivity contribution is 6.28. The lowest BCUT2D eigenvalue weighted by Gasteiger charge is -2.08. The van der Waals surface area contributed by atoms with Crippen LogP contribution in [-0.2, 0) is 0 Å². The summed E-state index contributed by atoms with van der Waals surface area (Å²) in [6, 6.07) is 7.67. The molecule has 0 spiro atoms. The Morgan fingerprint density at radius 1 is 1.10 bits per heavy atom. The maximum absolute atomic E-state index is 5.83. The van der Waals surface area contributed by atoms with E-state index < -0.39 is 0 Å². The largest absolute Gasteiger partial charge is 0.494 e. The van der Waals surface area contributed by atoms with E-state index in [-0.39, 0.29) is 11.3 Å². The molecule has 7 heteroatoms. The van der Waals surface area contributed by atoms with Gasteiger partial charge in [-0.1, -0.05) is 6.07 Å². The highest BCUT2D eigenvalue weighted by Crippen LogP contribution is 2.21. The van der Waals surface area contributed by atoms with Gasteiger partial charge in [0.05, 0.1) is 13.2 Å². The van der Waals surface area contributed by atoms with Crippen LogP contribution < -0.4 is 14.8 Å². The van der Waals surface area contributed by atoms with E-state index in [0.29, 0.717) is 19.2 Å². The fourth-order valence-electron chi connectivity index (χ4n) is 1.54. The number of aromatic nitrogens is 3. The van der Waals surface area contributed by atoms with Gasteiger partial charge in [0.15, 0.2) is 0 Å². The molecule has 0 atom stereocenters. The Bertz CT molecular complexity index is 580. The Balaban J connectivity index is 2.18. The van der Waals surface area contributed by atoms with Gasteiger partial charge in [-0.25, -0.2) is 0 Å². The van der Waals surface area contributed by atoms with Crippen molar-refractivity contribution in [2.45, 2.75) is 13.8 Å². The van der Waals surface area contributed by atoms with E-state index in [2.05, 4.69) is 20.3 Å². The number of ether oxygens (including phenoxy) is 2. The predicted octanol–water partition coefficient (Wildman–Crippen LogP) is 3.07. The van der Waals surface area contributed by atoms with Gasteiger partial charge >= 0.3 is 6.01 Å². The fraction of sp³-hybridized carbons (Fsp3) is 0.308. The lowest BCUT2D eigenvalue weighted by atomic mass is 10.3. The molecule has 1 aromatic carbocycles. The highest BCUT2D eigenvalue weighted by atomic mass is 35.5. The molecule has 0 bridgehead atoms. The van der Waals surface area contributed by atoms with Crippen LogP contribution in [0.5, 0.6) is 11.8 Å². The third-order valence-corrected chi connectivity index (χ3v) is 2.43. The molecule has 0 fully saturated rings. The number of anilines is 2. The summed E-state index contributed by atoms with van der Waals surface area (Å²) in [6.45, 7) is 4.84. The van der Waals surface area contributed by atoms with E-state index in [9.17, 15) is 0 Å². The molecule has 0 aliphatic heterocycles. The molecule has 20 heavy (non-hydrogen) atoms. The molecule has 0 aliphatic carbocycles. The first-order chi connectivity index (χ1) is 9.71. The molecule has 0 aliphatic rings. The summed E-state index contributed by atoms with van der Waals surface area (Å²) in [4.78, 5) is 12.0. The van der Waals surface area contributed by atoms with Crippen LogP contribution in [0.1, 0.15) is 13.8 Å². The zero-order valence-electron chi connectivity index (χ0n) is 11.3. The molecule has 2 rings (SSSR count). The summed E-state index contributed by atoms with van der Waals surface area (Å²) in [6.07, 6.45) is 0. The standard InChI is InChI=1S/C13H15ClN4O2/c1-3-19-10-7-5-6-9(8-10)15-12-16-11(14)17-13(18-12)20-4-2/h5-8H,3-4H2,1-2H3,(H,15,16,17,18).